The van der Waals surface area contributed by atoms with Gasteiger partial charge in [0.1, 0.15) is 6.26 Å². The summed E-state index contributed by atoms with van der Waals surface area (Å²) in [5.74, 6) is -0.704. The summed E-state index contributed by atoms with van der Waals surface area (Å²) in [6.07, 6.45) is 4.82. The Morgan fingerprint density at radius 2 is 1.92 bits per heavy atom. The highest BCUT2D eigenvalue weighted by Crippen LogP contribution is 2.12. The van der Waals surface area contributed by atoms with Crippen LogP contribution in [0.15, 0.2) is 41.3 Å². The number of furan rings is 1. The monoisotopic (exact) mass is 332 g/mol. The van der Waals surface area contributed by atoms with Gasteiger partial charge in [0.2, 0.25) is 5.95 Å². The van der Waals surface area contributed by atoms with Crippen molar-refractivity contribution in [2.24, 2.45) is 0 Å². The third-order valence-corrected chi connectivity index (χ3v) is 3.82. The van der Waals surface area contributed by atoms with Crippen LogP contribution in [0.25, 0.3) is 0 Å². The van der Waals surface area contributed by atoms with E-state index in [1.165, 1.54) is 30.9 Å². The van der Waals surface area contributed by atoms with Crippen molar-refractivity contribution in [3.8, 4) is 0 Å². The van der Waals surface area contributed by atoms with Gasteiger partial charge < -0.3 is 19.5 Å². The molecule has 1 saturated heterocycles. The molecule has 3 heterocycles. The molecular weight excluding hydrogens is 315 g/mol. The summed E-state index contributed by atoms with van der Waals surface area (Å²) in [4.78, 5) is 31.4. The van der Waals surface area contributed by atoms with Crippen molar-refractivity contribution in [1.29, 1.82) is 0 Å². The molecule has 0 saturated carbocycles. The van der Waals surface area contributed by atoms with Crippen molar-refractivity contribution in [2.75, 3.05) is 31.5 Å². The molecule has 1 fully saturated rings. The fourth-order valence-electron chi connectivity index (χ4n) is 2.54. The maximum Gasteiger partial charge on any atom is 0.321 e. The van der Waals surface area contributed by atoms with Crippen LogP contribution in [-0.2, 0) is 0 Å². The van der Waals surface area contributed by atoms with Crippen LogP contribution in [-0.4, -0.2) is 52.9 Å². The number of rotatable bonds is 2. The Bertz CT molecular complexity index is 703. The number of carbonyl (C=O) groups is 2. The Morgan fingerprint density at radius 1 is 1.12 bits per heavy atom. The molecule has 3 rings (SSSR count). The van der Waals surface area contributed by atoms with Gasteiger partial charge in [0, 0.05) is 26.2 Å². The summed E-state index contributed by atoms with van der Waals surface area (Å²) in [5.41, 5.74) is 0.933. The van der Waals surface area contributed by atoms with E-state index in [4.69, 9.17) is 4.42 Å². The van der Waals surface area contributed by atoms with E-state index in [0.717, 1.165) is 0 Å². The van der Waals surface area contributed by atoms with Crippen LogP contribution in [0.5, 0.6) is 0 Å². The summed E-state index contributed by atoms with van der Waals surface area (Å²) >= 11 is 0. The zero-order chi connectivity index (χ0) is 16.9. The van der Waals surface area contributed by atoms with E-state index < -0.39 is 5.95 Å². The first-order chi connectivity index (χ1) is 11.6. The lowest BCUT2D eigenvalue weighted by atomic mass is 10.3. The van der Waals surface area contributed by atoms with Crippen LogP contribution >= 0.6 is 0 Å². The van der Waals surface area contributed by atoms with Crippen LogP contribution in [0, 0.1) is 5.95 Å². The minimum absolute atomic E-state index is 0.103. The molecule has 0 bridgehead atoms. The average Bonchev–Trinajstić information content (AvgIpc) is 3.00. The van der Waals surface area contributed by atoms with Gasteiger partial charge >= 0.3 is 6.03 Å². The molecule has 8 heteroatoms. The second-order valence-electron chi connectivity index (χ2n) is 5.44. The summed E-state index contributed by atoms with van der Waals surface area (Å²) in [7, 11) is 0. The van der Waals surface area contributed by atoms with Crippen LogP contribution in [0.2, 0.25) is 0 Å². The zero-order valence-corrected chi connectivity index (χ0v) is 12.9. The van der Waals surface area contributed by atoms with Gasteiger partial charge in [0.15, 0.2) is 0 Å². The van der Waals surface area contributed by atoms with E-state index in [0.29, 0.717) is 43.9 Å². The quantitative estimate of drug-likeness (QED) is 0.855. The fourth-order valence-corrected chi connectivity index (χ4v) is 2.54. The van der Waals surface area contributed by atoms with Gasteiger partial charge in [-0.2, -0.15) is 4.39 Å². The Balaban J connectivity index is 1.57. The molecule has 0 aromatic carbocycles. The molecule has 0 spiro atoms. The minimum atomic E-state index is -0.601. The lowest BCUT2D eigenvalue weighted by molar-refractivity contribution is 0.0762. The number of hydrogen-bond acceptors (Lipinski definition) is 4. The van der Waals surface area contributed by atoms with E-state index in [1.54, 1.807) is 15.9 Å². The number of hydrogen-bond donors (Lipinski definition) is 1. The lowest BCUT2D eigenvalue weighted by Gasteiger charge is -2.22. The topological polar surface area (TPSA) is 78.7 Å². The molecule has 1 aliphatic heterocycles. The van der Waals surface area contributed by atoms with Gasteiger partial charge in [-0.1, -0.05) is 0 Å². The Morgan fingerprint density at radius 3 is 2.62 bits per heavy atom. The van der Waals surface area contributed by atoms with Crippen LogP contribution in [0.1, 0.15) is 16.8 Å². The maximum absolute atomic E-state index is 12.8. The number of anilines is 1. The van der Waals surface area contributed by atoms with E-state index in [9.17, 15) is 14.0 Å². The molecule has 0 aliphatic carbocycles. The third-order valence-electron chi connectivity index (χ3n) is 3.82. The van der Waals surface area contributed by atoms with Gasteiger partial charge in [-0.15, -0.1) is 0 Å². The molecule has 7 nitrogen and oxygen atoms in total. The van der Waals surface area contributed by atoms with Crippen molar-refractivity contribution in [1.82, 2.24) is 14.8 Å². The first-order valence-corrected chi connectivity index (χ1v) is 7.62. The van der Waals surface area contributed by atoms with Crippen molar-refractivity contribution in [2.45, 2.75) is 6.42 Å². The summed E-state index contributed by atoms with van der Waals surface area (Å²) in [5, 5.41) is 2.68. The smallest absolute Gasteiger partial charge is 0.321 e. The number of pyridine rings is 1. The van der Waals surface area contributed by atoms with E-state index >= 15 is 0 Å². The molecule has 0 unspecified atom stereocenters. The minimum Gasteiger partial charge on any atom is -0.472 e. The van der Waals surface area contributed by atoms with Crippen LogP contribution in [0.4, 0.5) is 14.9 Å². The molecule has 3 amide bonds. The normalized spacial score (nSPS) is 15.0. The largest absolute Gasteiger partial charge is 0.472 e. The second kappa shape index (κ2) is 7.12. The molecule has 126 valence electrons. The molecule has 1 aliphatic rings. The van der Waals surface area contributed by atoms with Crippen molar-refractivity contribution < 1.29 is 18.4 Å². The molecule has 2 aromatic heterocycles. The predicted octanol–water partition coefficient (Wildman–Crippen LogP) is 2.19. The van der Waals surface area contributed by atoms with Gasteiger partial charge in [-0.25, -0.2) is 9.78 Å². The Kier molecular flexibility index (Phi) is 4.74. The Labute approximate surface area is 138 Å². The Hall–Kier alpha value is -2.90. The third kappa shape index (κ3) is 3.70. The highest BCUT2D eigenvalue weighted by molar-refractivity contribution is 5.94. The number of halogens is 1. The molecule has 1 N–H and O–H groups in total. The molecular formula is C16H17FN4O3. The SMILES string of the molecule is O=C(Nc1ccc(F)nc1)N1CCCN(C(=O)c2ccoc2)CC1. The molecule has 0 radical (unpaired) electrons. The number of urea groups is 1. The number of carbonyl (C=O) groups excluding carboxylic acids is 2. The molecule has 2 aromatic rings. The standard InChI is InChI=1S/C16H17FN4O3/c17-14-3-2-13(10-18-14)19-16(23)21-6-1-5-20(7-8-21)15(22)12-4-9-24-11-12/h2-4,9-11H,1,5-8H2,(H,19,23). The first kappa shape index (κ1) is 16.0. The number of aromatic nitrogens is 1. The van der Waals surface area contributed by atoms with E-state index in [2.05, 4.69) is 10.3 Å². The predicted molar refractivity (Wildman–Crippen MR) is 84.0 cm³/mol. The second-order valence-corrected chi connectivity index (χ2v) is 5.44. The number of nitrogens with one attached hydrogen (secondary N) is 1. The van der Waals surface area contributed by atoms with Gasteiger partial charge in [0.25, 0.3) is 5.91 Å². The summed E-state index contributed by atoms with van der Waals surface area (Å²) in [6.45, 7) is 1.98. The van der Waals surface area contributed by atoms with Crippen molar-refractivity contribution >= 4 is 17.6 Å². The van der Waals surface area contributed by atoms with Gasteiger partial charge in [0.05, 0.1) is 23.7 Å². The van der Waals surface area contributed by atoms with Crippen LogP contribution in [0.3, 0.4) is 0 Å². The first-order valence-electron chi connectivity index (χ1n) is 7.62. The fraction of sp³-hybridized carbons (Fsp3) is 0.312. The van der Waals surface area contributed by atoms with Crippen molar-refractivity contribution in [3.05, 3.63) is 48.4 Å². The zero-order valence-electron chi connectivity index (χ0n) is 12.9. The summed E-state index contributed by atoms with van der Waals surface area (Å²) < 4.78 is 17.7. The van der Waals surface area contributed by atoms with E-state index in [1.807, 2.05) is 0 Å². The van der Waals surface area contributed by atoms with Gasteiger partial charge in [-0.3, -0.25) is 4.79 Å². The number of nitrogens with zero attached hydrogens (tertiary/aromatic N) is 3. The highest BCUT2D eigenvalue weighted by Gasteiger charge is 2.23. The van der Waals surface area contributed by atoms with Crippen molar-refractivity contribution in [3.63, 3.8) is 0 Å². The summed E-state index contributed by atoms with van der Waals surface area (Å²) in [6, 6.07) is 3.97. The molecule has 24 heavy (non-hydrogen) atoms. The van der Waals surface area contributed by atoms with Crippen LogP contribution < -0.4 is 5.32 Å². The van der Waals surface area contributed by atoms with Gasteiger partial charge in [-0.05, 0) is 24.6 Å². The lowest BCUT2D eigenvalue weighted by Crippen LogP contribution is -2.39. The number of amides is 3. The highest BCUT2D eigenvalue weighted by atomic mass is 19.1. The maximum atomic E-state index is 12.8. The van der Waals surface area contributed by atoms with E-state index in [-0.39, 0.29) is 11.9 Å². The molecule has 0 atom stereocenters. The average molecular weight is 332 g/mol.